The van der Waals surface area contributed by atoms with Gasteiger partial charge in [-0.3, -0.25) is 5.10 Å². The van der Waals surface area contributed by atoms with Gasteiger partial charge in [0.25, 0.3) is 0 Å². The number of H-pyrrole nitrogens is 1. The Balaban J connectivity index is 1.76. The quantitative estimate of drug-likeness (QED) is 0.869. The van der Waals surface area contributed by atoms with Crippen LogP contribution in [-0.4, -0.2) is 10.2 Å². The van der Waals surface area contributed by atoms with Gasteiger partial charge in [0.05, 0.1) is 0 Å². The van der Waals surface area contributed by atoms with Crippen molar-refractivity contribution in [1.82, 2.24) is 10.2 Å². The first-order valence-electron chi connectivity index (χ1n) is 7.32. The van der Waals surface area contributed by atoms with Crippen LogP contribution in [0.1, 0.15) is 37.3 Å². The van der Waals surface area contributed by atoms with Gasteiger partial charge in [-0.05, 0) is 48.8 Å². The van der Waals surface area contributed by atoms with E-state index in [2.05, 4.69) is 10.2 Å². The average Bonchev–Trinajstić information content (AvgIpc) is 3.14. The maximum absolute atomic E-state index is 6.10. The number of aromatic nitrogens is 2. The number of nitrogens with one attached hydrogen (secondary N) is 1. The largest absolute Gasteiger partial charge is 0.382 e. The van der Waals surface area contributed by atoms with Crippen molar-refractivity contribution in [1.29, 1.82) is 0 Å². The number of nitrogen functional groups attached to an aromatic ring is 1. The van der Waals surface area contributed by atoms with Crippen LogP contribution in [0.2, 0.25) is 5.02 Å². The molecule has 0 radical (unpaired) electrons. The fraction of sp³-hybridized carbons (Fsp3) is 0.438. The first-order chi connectivity index (χ1) is 9.72. The van der Waals surface area contributed by atoms with Crippen LogP contribution in [0.4, 0.5) is 5.82 Å². The zero-order valence-electron chi connectivity index (χ0n) is 11.3. The van der Waals surface area contributed by atoms with Crippen molar-refractivity contribution in [3.63, 3.8) is 0 Å². The molecule has 3 unspecified atom stereocenters. The predicted molar refractivity (Wildman–Crippen MR) is 81.6 cm³/mol. The summed E-state index contributed by atoms with van der Waals surface area (Å²) in [6.07, 6.45) is 5.42. The molecular weight excluding hydrogens is 270 g/mol. The van der Waals surface area contributed by atoms with Crippen LogP contribution in [0.15, 0.2) is 24.3 Å². The summed E-state index contributed by atoms with van der Waals surface area (Å²) in [6, 6.07) is 7.88. The zero-order valence-corrected chi connectivity index (χ0v) is 12.0. The minimum atomic E-state index is 0.601. The lowest BCUT2D eigenvalue weighted by molar-refractivity contribution is 0.413. The minimum absolute atomic E-state index is 0.601. The van der Waals surface area contributed by atoms with Gasteiger partial charge in [-0.2, -0.15) is 5.10 Å². The van der Waals surface area contributed by atoms with Gasteiger partial charge in [0.2, 0.25) is 0 Å². The number of anilines is 1. The zero-order chi connectivity index (χ0) is 13.7. The maximum atomic E-state index is 6.10. The van der Waals surface area contributed by atoms with Gasteiger partial charge in [0, 0.05) is 22.2 Å². The van der Waals surface area contributed by atoms with Crippen LogP contribution in [-0.2, 0) is 0 Å². The lowest BCUT2D eigenvalue weighted by Crippen LogP contribution is -2.10. The monoisotopic (exact) mass is 287 g/mol. The number of fused-ring (bicyclic) bond motifs is 2. The summed E-state index contributed by atoms with van der Waals surface area (Å²) in [7, 11) is 0. The van der Waals surface area contributed by atoms with Crippen molar-refractivity contribution in [2.75, 3.05) is 5.73 Å². The van der Waals surface area contributed by atoms with Gasteiger partial charge in [0.15, 0.2) is 5.82 Å². The smallest absolute Gasteiger partial charge is 0.153 e. The number of aromatic amines is 1. The normalized spacial score (nSPS) is 28.1. The highest BCUT2D eigenvalue weighted by atomic mass is 35.5. The summed E-state index contributed by atoms with van der Waals surface area (Å²) in [6.45, 7) is 0. The molecule has 2 saturated carbocycles. The molecule has 3 nitrogen and oxygen atoms in total. The van der Waals surface area contributed by atoms with Crippen molar-refractivity contribution < 1.29 is 0 Å². The molecule has 2 fully saturated rings. The summed E-state index contributed by atoms with van der Waals surface area (Å²) >= 11 is 5.98. The van der Waals surface area contributed by atoms with Gasteiger partial charge in [0.1, 0.15) is 0 Å². The van der Waals surface area contributed by atoms with Crippen LogP contribution < -0.4 is 5.73 Å². The van der Waals surface area contributed by atoms with E-state index in [4.69, 9.17) is 17.3 Å². The van der Waals surface area contributed by atoms with E-state index in [1.807, 2.05) is 24.3 Å². The molecule has 0 saturated heterocycles. The third-order valence-electron chi connectivity index (χ3n) is 5.06. The Kier molecular flexibility index (Phi) is 2.77. The third-order valence-corrected chi connectivity index (χ3v) is 5.32. The van der Waals surface area contributed by atoms with Gasteiger partial charge < -0.3 is 5.73 Å². The van der Waals surface area contributed by atoms with E-state index in [1.54, 1.807) is 0 Å². The maximum Gasteiger partial charge on any atom is 0.153 e. The van der Waals surface area contributed by atoms with Crippen molar-refractivity contribution in [2.24, 2.45) is 11.8 Å². The van der Waals surface area contributed by atoms with Gasteiger partial charge >= 0.3 is 0 Å². The Labute approximate surface area is 123 Å². The topological polar surface area (TPSA) is 54.7 Å². The highest BCUT2D eigenvalue weighted by Gasteiger charge is 2.42. The van der Waals surface area contributed by atoms with E-state index in [9.17, 15) is 0 Å². The Hall–Kier alpha value is -1.48. The van der Waals surface area contributed by atoms with Crippen LogP contribution in [0, 0.1) is 11.8 Å². The van der Waals surface area contributed by atoms with E-state index in [-0.39, 0.29) is 0 Å². The van der Waals surface area contributed by atoms with E-state index >= 15 is 0 Å². The number of benzene rings is 1. The van der Waals surface area contributed by atoms with Gasteiger partial charge in [-0.15, -0.1) is 0 Å². The van der Waals surface area contributed by atoms with Crippen LogP contribution >= 0.6 is 11.6 Å². The Morgan fingerprint density at radius 3 is 2.60 bits per heavy atom. The molecule has 3 N–H and O–H groups in total. The molecule has 0 aliphatic heterocycles. The second-order valence-corrected chi connectivity index (χ2v) is 6.62. The summed E-state index contributed by atoms with van der Waals surface area (Å²) in [5.74, 6) is 2.92. The van der Waals surface area contributed by atoms with Crippen LogP contribution in [0.25, 0.3) is 11.1 Å². The lowest BCUT2D eigenvalue weighted by atomic mass is 9.84. The molecule has 104 valence electrons. The van der Waals surface area contributed by atoms with Crippen LogP contribution in [0.5, 0.6) is 0 Å². The molecule has 0 amide bonds. The molecule has 1 heterocycles. The summed E-state index contributed by atoms with van der Waals surface area (Å²) in [5, 5.41) is 8.22. The Bertz CT molecular complexity index is 632. The van der Waals surface area contributed by atoms with Crippen LogP contribution in [0.3, 0.4) is 0 Å². The molecule has 20 heavy (non-hydrogen) atoms. The number of hydrogen-bond donors (Lipinski definition) is 2. The highest BCUT2D eigenvalue weighted by molar-refractivity contribution is 6.30. The number of hydrogen-bond acceptors (Lipinski definition) is 2. The molecule has 1 aromatic heterocycles. The van der Waals surface area contributed by atoms with Crippen molar-refractivity contribution in [2.45, 2.75) is 31.6 Å². The van der Waals surface area contributed by atoms with E-state index in [0.717, 1.165) is 28.0 Å². The molecule has 2 aliphatic carbocycles. The molecule has 0 spiro atoms. The van der Waals surface area contributed by atoms with E-state index < -0.39 is 0 Å². The fourth-order valence-corrected chi connectivity index (χ4v) is 4.28. The average molecular weight is 288 g/mol. The molecule has 1 aromatic carbocycles. The lowest BCUT2D eigenvalue weighted by Gasteiger charge is -2.21. The second kappa shape index (κ2) is 4.52. The molecular formula is C16H18ClN3. The number of nitrogens with zero attached hydrogens (tertiary/aromatic N) is 1. The number of rotatable bonds is 2. The first kappa shape index (κ1) is 12.3. The van der Waals surface area contributed by atoms with Crippen molar-refractivity contribution >= 4 is 17.4 Å². The second-order valence-electron chi connectivity index (χ2n) is 6.19. The van der Waals surface area contributed by atoms with Gasteiger partial charge in [-0.25, -0.2) is 0 Å². The summed E-state index contributed by atoms with van der Waals surface area (Å²) in [5.41, 5.74) is 9.53. The Morgan fingerprint density at radius 1 is 1.15 bits per heavy atom. The first-order valence-corrected chi connectivity index (χ1v) is 7.70. The number of nitrogens with two attached hydrogens (primary N) is 1. The SMILES string of the molecule is Nc1n[nH]c(C2CC3CCC2C3)c1-c1ccc(Cl)cc1. The minimum Gasteiger partial charge on any atom is -0.382 e. The summed E-state index contributed by atoms with van der Waals surface area (Å²) in [4.78, 5) is 0. The Morgan fingerprint density at radius 2 is 1.95 bits per heavy atom. The molecule has 4 heteroatoms. The molecule has 2 bridgehead atoms. The third kappa shape index (κ3) is 1.84. The van der Waals surface area contributed by atoms with E-state index in [1.165, 1.54) is 31.4 Å². The predicted octanol–water partition coefficient (Wildman–Crippen LogP) is 4.22. The van der Waals surface area contributed by atoms with Gasteiger partial charge in [-0.1, -0.05) is 30.2 Å². The van der Waals surface area contributed by atoms with Crippen molar-refractivity contribution in [3.05, 3.63) is 35.0 Å². The molecule has 2 aromatic rings. The standard InChI is InChI=1S/C16H18ClN3/c17-12-5-3-10(4-6-12)14-15(19-20-16(14)18)13-8-9-1-2-11(13)7-9/h3-6,9,11,13H,1-2,7-8H2,(H3,18,19,20). The summed E-state index contributed by atoms with van der Waals surface area (Å²) < 4.78 is 0. The fourth-order valence-electron chi connectivity index (χ4n) is 4.16. The highest BCUT2D eigenvalue weighted by Crippen LogP contribution is 2.54. The van der Waals surface area contributed by atoms with Crippen molar-refractivity contribution in [3.8, 4) is 11.1 Å². The molecule has 2 aliphatic rings. The van der Waals surface area contributed by atoms with E-state index in [0.29, 0.717) is 11.7 Å². The number of halogens is 1. The molecule has 3 atom stereocenters. The molecule has 4 rings (SSSR count).